The number of ether oxygens (including phenoxy) is 1. The third kappa shape index (κ3) is 3.79. The van der Waals surface area contributed by atoms with Crippen LogP contribution in [0.3, 0.4) is 0 Å². The number of hydrogen-bond donors (Lipinski definition) is 1. The standard InChI is InChI=1S/C17H21FN4O2/c1-2-3-4-12-11-22(7-8-24-12)17-20-15(9-16(23)21-17)13-5-6-19-10-14(13)18/h5-6,9-10,12H,2-4,7-8,11H2,1H3,(H,20,21,23)/p+1. The Labute approximate surface area is 139 Å². The van der Waals surface area contributed by atoms with Crippen LogP contribution in [0, 0.1) is 5.82 Å². The second-order valence-electron chi connectivity index (χ2n) is 5.96. The molecule has 0 saturated carbocycles. The predicted octanol–water partition coefficient (Wildman–Crippen LogP) is 1.88. The first-order valence-corrected chi connectivity index (χ1v) is 8.30. The lowest BCUT2D eigenvalue weighted by Gasteiger charge is -2.30. The summed E-state index contributed by atoms with van der Waals surface area (Å²) < 4.78 is 18.6. The molecule has 3 rings (SSSR count). The van der Waals surface area contributed by atoms with Gasteiger partial charge in [0, 0.05) is 24.2 Å². The lowest BCUT2D eigenvalue weighted by Crippen LogP contribution is -2.45. The molecule has 6 nitrogen and oxygen atoms in total. The smallest absolute Gasteiger partial charge is 0.252 e. The zero-order chi connectivity index (χ0) is 16.9. The number of nitrogens with zero attached hydrogens (tertiary/aromatic N) is 3. The van der Waals surface area contributed by atoms with E-state index in [4.69, 9.17) is 0 Å². The third-order valence-electron chi connectivity index (χ3n) is 4.16. The first-order chi connectivity index (χ1) is 11.7. The fourth-order valence-corrected chi connectivity index (χ4v) is 2.89. The van der Waals surface area contributed by atoms with Gasteiger partial charge in [0.05, 0.1) is 25.0 Å². The van der Waals surface area contributed by atoms with Crippen molar-refractivity contribution in [3.63, 3.8) is 0 Å². The second-order valence-corrected chi connectivity index (χ2v) is 5.96. The summed E-state index contributed by atoms with van der Waals surface area (Å²) >= 11 is 0. The number of morpholine rings is 1. The van der Waals surface area contributed by atoms with E-state index in [0.717, 1.165) is 32.0 Å². The molecule has 1 aliphatic rings. The first kappa shape index (κ1) is 16.6. The topological polar surface area (TPSA) is 74.7 Å². The second kappa shape index (κ2) is 7.53. The Bertz CT molecular complexity index is 749. The number of nitrogens with one attached hydrogen (secondary N) is 1. The lowest BCUT2D eigenvalue weighted by atomic mass is 10.1. The molecule has 2 aromatic rings. The molecule has 24 heavy (non-hydrogen) atoms. The fraction of sp³-hybridized carbons (Fsp3) is 0.471. The van der Waals surface area contributed by atoms with Crippen molar-refractivity contribution < 1.29 is 9.13 Å². The lowest BCUT2D eigenvalue weighted by molar-refractivity contribution is -0.115. The Hall–Kier alpha value is -2.28. The maximum absolute atomic E-state index is 13.9. The monoisotopic (exact) mass is 333 g/mol. The number of anilines is 1. The van der Waals surface area contributed by atoms with E-state index in [-0.39, 0.29) is 17.2 Å². The molecule has 2 N–H and O–H groups in total. The molecule has 1 aliphatic heterocycles. The van der Waals surface area contributed by atoms with Crippen molar-refractivity contribution in [3.8, 4) is 11.3 Å². The maximum atomic E-state index is 13.9. The highest BCUT2D eigenvalue weighted by Crippen LogP contribution is 2.21. The van der Waals surface area contributed by atoms with Gasteiger partial charge in [-0.1, -0.05) is 13.3 Å². The maximum Gasteiger partial charge on any atom is 0.252 e. The van der Waals surface area contributed by atoms with Gasteiger partial charge in [0.25, 0.3) is 5.56 Å². The van der Waals surface area contributed by atoms with E-state index < -0.39 is 5.82 Å². The zero-order valence-electron chi connectivity index (χ0n) is 13.7. The Morgan fingerprint density at radius 3 is 3.17 bits per heavy atom. The van der Waals surface area contributed by atoms with Gasteiger partial charge >= 0.3 is 0 Å². The summed E-state index contributed by atoms with van der Waals surface area (Å²) in [7, 11) is 0. The number of halogens is 1. The van der Waals surface area contributed by atoms with Gasteiger partial charge in [-0.2, -0.15) is 0 Å². The molecule has 0 bridgehead atoms. The van der Waals surface area contributed by atoms with E-state index in [1.165, 1.54) is 18.3 Å². The van der Waals surface area contributed by atoms with Crippen LogP contribution in [-0.2, 0) is 0 Å². The van der Waals surface area contributed by atoms with Crippen molar-refractivity contribution in [2.75, 3.05) is 24.6 Å². The van der Waals surface area contributed by atoms with Gasteiger partial charge in [0.15, 0.2) is 18.5 Å². The average Bonchev–Trinajstić information content (AvgIpc) is 2.60. The fourth-order valence-electron chi connectivity index (χ4n) is 2.89. The van der Waals surface area contributed by atoms with Crippen LogP contribution < -0.4 is 10.5 Å². The minimum absolute atomic E-state index is 0.255. The van der Waals surface area contributed by atoms with Gasteiger partial charge in [0.1, 0.15) is 0 Å². The van der Waals surface area contributed by atoms with E-state index in [0.29, 0.717) is 24.8 Å². The van der Waals surface area contributed by atoms with E-state index in [1.54, 1.807) is 0 Å². The molecule has 1 fully saturated rings. The molecule has 2 aromatic heterocycles. The molecule has 0 amide bonds. The largest absolute Gasteiger partial charge is 0.429 e. The highest BCUT2D eigenvalue weighted by atomic mass is 19.1. The van der Waals surface area contributed by atoms with Crippen LogP contribution in [-0.4, -0.2) is 45.5 Å². The molecule has 1 saturated heterocycles. The number of aliphatic hydroxyl groups is 2. The van der Waals surface area contributed by atoms with Gasteiger partial charge in [-0.15, -0.1) is 0 Å². The van der Waals surface area contributed by atoms with E-state index >= 15 is 0 Å². The van der Waals surface area contributed by atoms with Crippen molar-refractivity contribution in [3.05, 3.63) is 40.7 Å². The van der Waals surface area contributed by atoms with Crippen LogP contribution in [0.4, 0.5) is 10.3 Å². The van der Waals surface area contributed by atoms with Crippen LogP contribution in [0.1, 0.15) is 26.2 Å². The van der Waals surface area contributed by atoms with Crippen LogP contribution >= 0.6 is 0 Å². The molecule has 3 heterocycles. The van der Waals surface area contributed by atoms with E-state index in [9.17, 15) is 9.18 Å². The molecule has 0 spiro atoms. The number of aromatic amines is 1. The SMILES string of the molecule is CCCCC1CN(c2nc(-c3ccncc3F)cc(=O)[nH]2)CC[OH+]1. The Kier molecular flexibility index (Phi) is 5.20. The summed E-state index contributed by atoms with van der Waals surface area (Å²) in [5.74, 6) is -0.0128. The molecule has 7 heteroatoms. The Morgan fingerprint density at radius 1 is 1.50 bits per heavy atom. The van der Waals surface area contributed by atoms with Crippen molar-refractivity contribution in [1.29, 1.82) is 0 Å². The summed E-state index contributed by atoms with van der Waals surface area (Å²) in [4.78, 5) is 25.0. The van der Waals surface area contributed by atoms with Crippen LogP contribution in [0.5, 0.6) is 0 Å². The van der Waals surface area contributed by atoms with Gasteiger partial charge < -0.3 is 9.64 Å². The van der Waals surface area contributed by atoms with E-state index in [2.05, 4.69) is 26.6 Å². The molecule has 1 atom stereocenters. The summed E-state index contributed by atoms with van der Waals surface area (Å²) in [6, 6.07) is 2.83. The van der Waals surface area contributed by atoms with Gasteiger partial charge in [0.2, 0.25) is 5.95 Å². The summed E-state index contributed by atoms with van der Waals surface area (Å²) in [6.45, 7) is 4.30. The van der Waals surface area contributed by atoms with Crippen molar-refractivity contribution >= 4 is 5.95 Å². The number of H-pyrrole nitrogens is 1. The minimum atomic E-state index is -0.490. The van der Waals surface area contributed by atoms with Crippen molar-refractivity contribution in [2.45, 2.75) is 32.3 Å². The summed E-state index contributed by atoms with van der Waals surface area (Å²) in [6.07, 6.45) is 6.17. The summed E-state index contributed by atoms with van der Waals surface area (Å²) in [5.41, 5.74) is 0.307. The molecular formula is C17H22FN4O2+. The molecular weight excluding hydrogens is 311 g/mol. The average molecular weight is 333 g/mol. The minimum Gasteiger partial charge on any atom is -0.429 e. The van der Waals surface area contributed by atoms with Gasteiger partial charge in [-0.05, 0) is 12.5 Å². The molecule has 0 aliphatic carbocycles. The van der Waals surface area contributed by atoms with Crippen molar-refractivity contribution in [2.24, 2.45) is 0 Å². The predicted molar refractivity (Wildman–Crippen MR) is 90.7 cm³/mol. The number of unbranched alkanes of at least 4 members (excludes halogenated alkanes) is 1. The summed E-state index contributed by atoms with van der Waals surface area (Å²) in [5, 5.41) is 0. The zero-order valence-corrected chi connectivity index (χ0v) is 13.7. The molecule has 128 valence electrons. The third-order valence-corrected chi connectivity index (χ3v) is 4.16. The molecule has 1 unspecified atom stereocenters. The normalized spacial score (nSPS) is 17.9. The highest BCUT2D eigenvalue weighted by molar-refractivity contribution is 5.60. The van der Waals surface area contributed by atoms with Gasteiger partial charge in [-0.25, -0.2) is 9.37 Å². The Morgan fingerprint density at radius 2 is 2.38 bits per heavy atom. The number of rotatable bonds is 5. The Balaban J connectivity index is 1.86. The van der Waals surface area contributed by atoms with Crippen molar-refractivity contribution in [1.82, 2.24) is 15.0 Å². The molecule has 0 aromatic carbocycles. The number of pyridine rings is 1. The highest BCUT2D eigenvalue weighted by Gasteiger charge is 2.26. The molecule has 0 radical (unpaired) electrons. The van der Waals surface area contributed by atoms with Gasteiger partial charge in [-0.3, -0.25) is 14.8 Å². The quantitative estimate of drug-likeness (QED) is 0.848. The van der Waals surface area contributed by atoms with Crippen LogP contribution in [0.15, 0.2) is 29.3 Å². The van der Waals surface area contributed by atoms with Crippen LogP contribution in [0.2, 0.25) is 0 Å². The number of aromatic nitrogens is 3. The van der Waals surface area contributed by atoms with Crippen LogP contribution in [0.25, 0.3) is 11.3 Å². The van der Waals surface area contributed by atoms with E-state index in [1.807, 2.05) is 4.90 Å². The number of hydrogen-bond acceptors (Lipinski definition) is 4. The first-order valence-electron chi connectivity index (χ1n) is 8.30.